The molecule has 0 aliphatic heterocycles. The predicted octanol–water partition coefficient (Wildman–Crippen LogP) is 7.38. The molecule has 1 fully saturated rings. The van der Waals surface area contributed by atoms with Gasteiger partial charge in [-0.2, -0.15) is 0 Å². The Morgan fingerprint density at radius 1 is 1.17 bits per heavy atom. The monoisotopic (exact) mass is 384 g/mol. The van der Waals surface area contributed by atoms with Gasteiger partial charge in [-0.25, -0.2) is 0 Å². The molecule has 0 spiro atoms. The predicted molar refractivity (Wildman–Crippen MR) is 127 cm³/mol. The van der Waals surface area contributed by atoms with Gasteiger partial charge in [0, 0.05) is 23.3 Å². The van der Waals surface area contributed by atoms with E-state index in [1.165, 1.54) is 40.6 Å². The van der Waals surface area contributed by atoms with Gasteiger partial charge in [0.15, 0.2) is 0 Å². The highest BCUT2D eigenvalue weighted by atomic mass is 15.0. The van der Waals surface area contributed by atoms with Crippen LogP contribution in [0, 0.1) is 12.8 Å². The third kappa shape index (κ3) is 3.76. The molecule has 1 atom stereocenters. The van der Waals surface area contributed by atoms with Crippen molar-refractivity contribution in [2.24, 2.45) is 5.92 Å². The molecule has 0 amide bonds. The second kappa shape index (κ2) is 7.94. The summed E-state index contributed by atoms with van der Waals surface area (Å²) in [5.41, 5.74) is 8.90. The highest BCUT2D eigenvalue weighted by Crippen LogP contribution is 2.36. The van der Waals surface area contributed by atoms with E-state index in [0.29, 0.717) is 0 Å². The van der Waals surface area contributed by atoms with Crippen LogP contribution in [0.15, 0.2) is 49.6 Å². The Morgan fingerprint density at radius 3 is 2.62 bits per heavy atom. The number of aryl methyl sites for hydroxylation is 1. The van der Waals surface area contributed by atoms with Crippen LogP contribution in [0.4, 0.5) is 5.69 Å². The molecule has 1 aliphatic carbocycles. The Kier molecular flexibility index (Phi) is 5.36. The van der Waals surface area contributed by atoms with Gasteiger partial charge in [0.2, 0.25) is 0 Å². The lowest BCUT2D eigenvalue weighted by Crippen LogP contribution is -2.15. The minimum absolute atomic E-state index is 0.210. The molecule has 1 heterocycles. The van der Waals surface area contributed by atoms with Gasteiger partial charge in [0.05, 0.1) is 11.6 Å². The number of nitrogens with one attached hydrogen (secondary N) is 1. The molecule has 4 rings (SSSR count). The first-order chi connectivity index (χ1) is 14.0. The van der Waals surface area contributed by atoms with E-state index in [1.54, 1.807) is 0 Å². The van der Waals surface area contributed by atoms with Crippen LogP contribution < -0.4 is 5.32 Å². The van der Waals surface area contributed by atoms with Gasteiger partial charge < -0.3 is 9.88 Å². The first kappa shape index (κ1) is 19.6. The Morgan fingerprint density at radius 2 is 1.97 bits per heavy atom. The molecule has 3 aromatic rings. The van der Waals surface area contributed by atoms with Gasteiger partial charge in [-0.1, -0.05) is 50.4 Å². The summed E-state index contributed by atoms with van der Waals surface area (Å²) in [7, 11) is 0. The SMILES string of the molecule is C=Cc1cc(C=C)c(C)c(NC(C)c2cc3cccc(CC)c3n2CC2CC2)c1. The maximum absolute atomic E-state index is 3.98. The summed E-state index contributed by atoms with van der Waals surface area (Å²) in [6, 6.07) is 13.7. The molecule has 1 saturated carbocycles. The van der Waals surface area contributed by atoms with Gasteiger partial charge in [0.25, 0.3) is 0 Å². The smallest absolute Gasteiger partial charge is 0.0637 e. The quantitative estimate of drug-likeness (QED) is 0.428. The van der Waals surface area contributed by atoms with Crippen LogP contribution >= 0.6 is 0 Å². The lowest BCUT2D eigenvalue weighted by Gasteiger charge is -2.22. The van der Waals surface area contributed by atoms with E-state index in [-0.39, 0.29) is 6.04 Å². The third-order valence-corrected chi connectivity index (χ3v) is 6.30. The minimum Gasteiger partial charge on any atom is -0.377 e. The first-order valence-corrected chi connectivity index (χ1v) is 10.8. The van der Waals surface area contributed by atoms with Crippen molar-refractivity contribution in [2.75, 3.05) is 5.32 Å². The van der Waals surface area contributed by atoms with Crippen molar-refractivity contribution in [3.63, 3.8) is 0 Å². The van der Waals surface area contributed by atoms with Gasteiger partial charge in [-0.05, 0) is 79.5 Å². The maximum atomic E-state index is 3.98. The second-order valence-corrected chi connectivity index (χ2v) is 8.39. The van der Waals surface area contributed by atoms with Crippen molar-refractivity contribution in [2.45, 2.75) is 52.6 Å². The molecule has 1 aliphatic rings. The molecular formula is C27H32N2. The average Bonchev–Trinajstić information content (AvgIpc) is 3.48. The molecule has 0 radical (unpaired) electrons. The van der Waals surface area contributed by atoms with Crippen molar-refractivity contribution in [1.82, 2.24) is 4.57 Å². The number of para-hydroxylation sites is 1. The molecule has 2 nitrogen and oxygen atoms in total. The lowest BCUT2D eigenvalue weighted by molar-refractivity contribution is 0.604. The van der Waals surface area contributed by atoms with Crippen molar-refractivity contribution in [3.05, 3.63) is 77.5 Å². The van der Waals surface area contributed by atoms with Crippen LogP contribution in [0.2, 0.25) is 0 Å². The van der Waals surface area contributed by atoms with Crippen LogP contribution in [-0.4, -0.2) is 4.57 Å². The van der Waals surface area contributed by atoms with E-state index < -0.39 is 0 Å². The standard InChI is InChI=1S/C27H32N2/c1-6-20-14-23(8-3)18(4)25(15-20)28-19(5)26-16-24-11-9-10-22(7-2)27(24)29(26)17-21-12-13-21/h6,8-11,14-16,19,21,28H,1,3,7,12-13,17H2,2,4-5H3. The van der Waals surface area contributed by atoms with Crippen molar-refractivity contribution in [1.29, 1.82) is 0 Å². The summed E-state index contributed by atoms with van der Waals surface area (Å²) in [5.74, 6) is 0.833. The third-order valence-electron chi connectivity index (χ3n) is 6.30. The maximum Gasteiger partial charge on any atom is 0.0637 e. The summed E-state index contributed by atoms with van der Waals surface area (Å²) in [4.78, 5) is 0. The number of hydrogen-bond donors (Lipinski definition) is 1. The van der Waals surface area contributed by atoms with Gasteiger partial charge in [-0.15, -0.1) is 0 Å². The topological polar surface area (TPSA) is 17.0 Å². The van der Waals surface area contributed by atoms with Gasteiger partial charge in [-0.3, -0.25) is 0 Å². The number of fused-ring (bicyclic) bond motifs is 1. The van der Waals surface area contributed by atoms with Crippen LogP contribution in [0.1, 0.15) is 60.7 Å². The normalized spacial score (nSPS) is 14.7. The zero-order chi connectivity index (χ0) is 20.5. The van der Waals surface area contributed by atoms with Gasteiger partial charge >= 0.3 is 0 Å². The van der Waals surface area contributed by atoms with Crippen molar-refractivity contribution in [3.8, 4) is 0 Å². The number of nitrogens with zero attached hydrogens (tertiary/aromatic N) is 1. The fourth-order valence-electron chi connectivity index (χ4n) is 4.37. The Bertz CT molecular complexity index is 1070. The van der Waals surface area contributed by atoms with E-state index in [2.05, 4.69) is 80.2 Å². The Labute approximate surface area is 174 Å². The molecule has 0 saturated heterocycles. The Hall–Kier alpha value is -2.74. The first-order valence-electron chi connectivity index (χ1n) is 10.8. The molecule has 1 N–H and O–H groups in total. The minimum atomic E-state index is 0.210. The van der Waals surface area contributed by atoms with Crippen LogP contribution in [0.3, 0.4) is 0 Å². The zero-order valence-electron chi connectivity index (χ0n) is 18.0. The second-order valence-electron chi connectivity index (χ2n) is 8.39. The summed E-state index contributed by atoms with van der Waals surface area (Å²) >= 11 is 0. The number of hydrogen-bond acceptors (Lipinski definition) is 1. The van der Waals surface area contributed by atoms with Crippen LogP contribution in [0.25, 0.3) is 23.1 Å². The van der Waals surface area contributed by atoms with Gasteiger partial charge in [0.1, 0.15) is 0 Å². The molecule has 2 aromatic carbocycles. The zero-order valence-corrected chi connectivity index (χ0v) is 18.0. The van der Waals surface area contributed by atoms with E-state index in [4.69, 9.17) is 0 Å². The summed E-state index contributed by atoms with van der Waals surface area (Å²) in [6.07, 6.45) is 7.61. The molecule has 1 unspecified atom stereocenters. The molecule has 0 bridgehead atoms. The molecule has 29 heavy (non-hydrogen) atoms. The summed E-state index contributed by atoms with van der Waals surface area (Å²) in [5, 5.41) is 5.15. The van der Waals surface area contributed by atoms with Crippen LogP contribution in [0.5, 0.6) is 0 Å². The highest BCUT2D eigenvalue weighted by Gasteiger charge is 2.25. The van der Waals surface area contributed by atoms with E-state index in [0.717, 1.165) is 35.7 Å². The highest BCUT2D eigenvalue weighted by molar-refractivity contribution is 5.85. The van der Waals surface area contributed by atoms with E-state index in [9.17, 15) is 0 Å². The number of benzene rings is 2. The molecular weight excluding hydrogens is 352 g/mol. The Balaban J connectivity index is 1.77. The molecule has 150 valence electrons. The van der Waals surface area contributed by atoms with Crippen molar-refractivity contribution >= 4 is 28.7 Å². The lowest BCUT2D eigenvalue weighted by atomic mass is 10.0. The molecule has 2 heteroatoms. The number of anilines is 1. The summed E-state index contributed by atoms with van der Waals surface area (Å²) < 4.78 is 2.59. The van der Waals surface area contributed by atoms with E-state index in [1.807, 2.05) is 12.2 Å². The average molecular weight is 385 g/mol. The van der Waals surface area contributed by atoms with Crippen molar-refractivity contribution < 1.29 is 0 Å². The largest absolute Gasteiger partial charge is 0.377 e. The number of rotatable bonds is 8. The summed E-state index contributed by atoms with van der Waals surface area (Å²) in [6.45, 7) is 15.8. The fraction of sp³-hybridized carbons (Fsp3) is 0.333. The van der Waals surface area contributed by atoms with E-state index >= 15 is 0 Å². The van der Waals surface area contributed by atoms with Crippen LogP contribution in [-0.2, 0) is 13.0 Å². The number of aromatic nitrogens is 1. The molecule has 1 aromatic heterocycles. The fourth-order valence-corrected chi connectivity index (χ4v) is 4.37.